The minimum atomic E-state index is -0.157. The number of nitrogens with zero attached hydrogens (tertiary/aromatic N) is 2. The van der Waals surface area contributed by atoms with E-state index < -0.39 is 0 Å². The molecule has 0 bridgehead atoms. The number of nitrogens with one attached hydrogen (secondary N) is 2. The molecule has 0 aromatic heterocycles. The van der Waals surface area contributed by atoms with E-state index in [1.807, 2.05) is 12.1 Å². The van der Waals surface area contributed by atoms with Gasteiger partial charge in [-0.15, -0.1) is 0 Å². The Labute approximate surface area is 191 Å². The van der Waals surface area contributed by atoms with Gasteiger partial charge in [0, 0.05) is 48.2 Å². The van der Waals surface area contributed by atoms with E-state index in [1.165, 1.54) is 24.9 Å². The molecule has 2 N–H and O–H groups in total. The van der Waals surface area contributed by atoms with Crippen LogP contribution in [0.4, 0.5) is 17.1 Å². The Bertz CT molecular complexity index is 918. The molecule has 1 aliphatic heterocycles. The molecule has 0 radical (unpaired) electrons. The fourth-order valence-electron chi connectivity index (χ4n) is 4.75. The highest BCUT2D eigenvalue weighted by Crippen LogP contribution is 2.28. The fraction of sp³-hybridized carbons (Fsp3) is 0.462. The SMILES string of the molecule is CN(C)C1CCN(c2ccc(NC(=O)c3ccc(NC(=O)CC4CCCC4)cc3)cc2)C1. The molecule has 2 aromatic carbocycles. The van der Waals surface area contributed by atoms with E-state index in [4.69, 9.17) is 0 Å². The number of hydrogen-bond donors (Lipinski definition) is 2. The Morgan fingerprint density at radius 3 is 2.16 bits per heavy atom. The van der Waals surface area contributed by atoms with Crippen molar-refractivity contribution < 1.29 is 9.59 Å². The first-order valence-electron chi connectivity index (χ1n) is 11.7. The van der Waals surface area contributed by atoms with Gasteiger partial charge < -0.3 is 20.4 Å². The number of likely N-dealkylation sites (N-methyl/N-ethyl adjacent to an activating group) is 1. The summed E-state index contributed by atoms with van der Waals surface area (Å²) in [5.41, 5.74) is 3.26. The molecule has 6 heteroatoms. The zero-order valence-corrected chi connectivity index (χ0v) is 19.1. The molecule has 2 amide bonds. The van der Waals surface area contributed by atoms with Crippen molar-refractivity contribution in [2.75, 3.05) is 42.7 Å². The first kappa shape index (κ1) is 22.3. The fourth-order valence-corrected chi connectivity index (χ4v) is 4.75. The smallest absolute Gasteiger partial charge is 0.255 e. The number of carbonyl (C=O) groups is 2. The van der Waals surface area contributed by atoms with Crippen LogP contribution in [0.15, 0.2) is 48.5 Å². The van der Waals surface area contributed by atoms with Gasteiger partial charge in [0.25, 0.3) is 5.91 Å². The van der Waals surface area contributed by atoms with Gasteiger partial charge in [-0.25, -0.2) is 0 Å². The summed E-state index contributed by atoms with van der Waals surface area (Å²) in [6.07, 6.45) is 6.54. The quantitative estimate of drug-likeness (QED) is 0.669. The molecule has 1 saturated carbocycles. The van der Waals surface area contributed by atoms with Crippen LogP contribution in [0.25, 0.3) is 0 Å². The molecule has 32 heavy (non-hydrogen) atoms. The molecule has 0 spiro atoms. The van der Waals surface area contributed by atoms with Crippen molar-refractivity contribution in [1.82, 2.24) is 4.90 Å². The molecule has 1 heterocycles. The minimum absolute atomic E-state index is 0.0593. The second kappa shape index (κ2) is 10.2. The van der Waals surface area contributed by atoms with E-state index in [-0.39, 0.29) is 11.8 Å². The standard InChI is InChI=1S/C26H34N4O2/c1-29(2)24-15-16-30(18-24)23-13-11-22(12-14-23)28-26(32)20-7-9-21(10-8-20)27-25(31)17-19-5-3-4-6-19/h7-14,19,24H,3-6,15-18H2,1-2H3,(H,27,31)(H,28,32). The lowest BCUT2D eigenvalue weighted by Gasteiger charge is -2.22. The first-order chi connectivity index (χ1) is 15.5. The van der Waals surface area contributed by atoms with Gasteiger partial charge in [0.15, 0.2) is 0 Å². The third-order valence-electron chi connectivity index (χ3n) is 6.76. The lowest BCUT2D eigenvalue weighted by atomic mass is 10.0. The first-order valence-corrected chi connectivity index (χ1v) is 11.7. The van der Waals surface area contributed by atoms with Gasteiger partial charge in [-0.1, -0.05) is 12.8 Å². The molecule has 1 unspecified atom stereocenters. The number of hydrogen-bond acceptors (Lipinski definition) is 4. The Kier molecular flexibility index (Phi) is 7.10. The van der Waals surface area contributed by atoms with Crippen LogP contribution >= 0.6 is 0 Å². The van der Waals surface area contributed by atoms with Crippen molar-refractivity contribution in [2.24, 2.45) is 5.92 Å². The molecule has 2 fully saturated rings. The van der Waals surface area contributed by atoms with Gasteiger partial charge in [-0.2, -0.15) is 0 Å². The number of rotatable bonds is 7. The number of amides is 2. The largest absolute Gasteiger partial charge is 0.370 e. The topological polar surface area (TPSA) is 64.7 Å². The highest BCUT2D eigenvalue weighted by molar-refractivity contribution is 6.04. The third-order valence-corrected chi connectivity index (χ3v) is 6.76. The van der Waals surface area contributed by atoms with Gasteiger partial charge in [-0.05, 0) is 87.8 Å². The normalized spacial score (nSPS) is 18.8. The van der Waals surface area contributed by atoms with Crippen molar-refractivity contribution in [3.05, 3.63) is 54.1 Å². The van der Waals surface area contributed by atoms with E-state index in [9.17, 15) is 9.59 Å². The average Bonchev–Trinajstić information content (AvgIpc) is 3.47. The lowest BCUT2D eigenvalue weighted by Crippen LogP contribution is -2.31. The Morgan fingerprint density at radius 1 is 0.906 bits per heavy atom. The van der Waals surface area contributed by atoms with Crippen molar-refractivity contribution in [3.63, 3.8) is 0 Å². The monoisotopic (exact) mass is 434 g/mol. The van der Waals surface area contributed by atoms with Crippen LogP contribution in [0.2, 0.25) is 0 Å². The Hall–Kier alpha value is -2.86. The van der Waals surface area contributed by atoms with Crippen molar-refractivity contribution >= 4 is 28.9 Å². The number of benzene rings is 2. The number of carbonyl (C=O) groups excluding carboxylic acids is 2. The Balaban J connectivity index is 1.28. The second-order valence-electron chi connectivity index (χ2n) is 9.33. The average molecular weight is 435 g/mol. The summed E-state index contributed by atoms with van der Waals surface area (Å²) in [5, 5.41) is 5.91. The van der Waals surface area contributed by atoms with Crippen LogP contribution < -0.4 is 15.5 Å². The van der Waals surface area contributed by atoms with Crippen LogP contribution in [0.1, 0.15) is 48.9 Å². The van der Waals surface area contributed by atoms with Gasteiger partial charge in [0.2, 0.25) is 5.91 Å². The minimum Gasteiger partial charge on any atom is -0.370 e. The summed E-state index contributed by atoms with van der Waals surface area (Å²) < 4.78 is 0. The van der Waals surface area contributed by atoms with Crippen LogP contribution in [0.5, 0.6) is 0 Å². The van der Waals surface area contributed by atoms with E-state index in [0.29, 0.717) is 23.9 Å². The molecule has 2 aromatic rings. The van der Waals surface area contributed by atoms with Gasteiger partial charge in [-0.3, -0.25) is 9.59 Å². The van der Waals surface area contributed by atoms with Gasteiger partial charge >= 0.3 is 0 Å². The highest BCUT2D eigenvalue weighted by atomic mass is 16.2. The van der Waals surface area contributed by atoms with Crippen LogP contribution in [0, 0.1) is 5.92 Å². The third kappa shape index (κ3) is 5.68. The molecule has 4 rings (SSSR count). The van der Waals surface area contributed by atoms with Crippen molar-refractivity contribution in [3.8, 4) is 0 Å². The van der Waals surface area contributed by atoms with E-state index in [0.717, 1.165) is 37.3 Å². The second-order valence-corrected chi connectivity index (χ2v) is 9.33. The predicted octanol–water partition coefficient (Wildman–Crippen LogP) is 4.60. The lowest BCUT2D eigenvalue weighted by molar-refractivity contribution is -0.117. The van der Waals surface area contributed by atoms with Gasteiger partial charge in [0.1, 0.15) is 0 Å². The van der Waals surface area contributed by atoms with Crippen LogP contribution in [-0.2, 0) is 4.79 Å². The summed E-state index contributed by atoms with van der Waals surface area (Å²) in [6, 6.07) is 15.7. The highest BCUT2D eigenvalue weighted by Gasteiger charge is 2.24. The molecule has 1 atom stereocenters. The molecular weight excluding hydrogens is 400 g/mol. The summed E-state index contributed by atoms with van der Waals surface area (Å²) >= 11 is 0. The Morgan fingerprint density at radius 2 is 1.53 bits per heavy atom. The summed E-state index contributed by atoms with van der Waals surface area (Å²) in [5.74, 6) is 0.422. The van der Waals surface area contributed by atoms with Crippen molar-refractivity contribution in [2.45, 2.75) is 44.6 Å². The van der Waals surface area contributed by atoms with Crippen LogP contribution in [0.3, 0.4) is 0 Å². The zero-order chi connectivity index (χ0) is 22.5. The maximum absolute atomic E-state index is 12.6. The molecule has 1 saturated heterocycles. The number of anilines is 3. The summed E-state index contributed by atoms with van der Waals surface area (Å²) in [4.78, 5) is 29.5. The molecule has 170 valence electrons. The van der Waals surface area contributed by atoms with E-state index in [2.05, 4.69) is 46.7 Å². The zero-order valence-electron chi connectivity index (χ0n) is 19.1. The summed E-state index contributed by atoms with van der Waals surface area (Å²) in [6.45, 7) is 2.08. The molecular formula is C26H34N4O2. The maximum atomic E-state index is 12.6. The van der Waals surface area contributed by atoms with E-state index in [1.54, 1.807) is 24.3 Å². The molecule has 2 aliphatic rings. The van der Waals surface area contributed by atoms with Gasteiger partial charge in [0.05, 0.1) is 0 Å². The molecule has 6 nitrogen and oxygen atoms in total. The molecule has 1 aliphatic carbocycles. The van der Waals surface area contributed by atoms with E-state index >= 15 is 0 Å². The van der Waals surface area contributed by atoms with Crippen molar-refractivity contribution in [1.29, 1.82) is 0 Å². The van der Waals surface area contributed by atoms with Crippen LogP contribution in [-0.4, -0.2) is 49.9 Å². The maximum Gasteiger partial charge on any atom is 0.255 e. The summed E-state index contributed by atoms with van der Waals surface area (Å²) in [7, 11) is 4.26. The predicted molar refractivity (Wildman–Crippen MR) is 130 cm³/mol.